The number of fused-ring (bicyclic) bond motifs is 1. The summed E-state index contributed by atoms with van der Waals surface area (Å²) in [5.74, 6) is 0.557. The Hall–Kier alpha value is -2.76. The van der Waals surface area contributed by atoms with Crippen molar-refractivity contribution in [2.75, 3.05) is 17.7 Å². The third-order valence-electron chi connectivity index (χ3n) is 5.09. The molecule has 5 nitrogen and oxygen atoms in total. The number of carbonyl (C=O) groups excluding carboxylic acids is 1. The summed E-state index contributed by atoms with van der Waals surface area (Å²) in [5, 5.41) is 2.84. The molecule has 1 aromatic heterocycles. The molecular formula is C25H29ClN4O. The average Bonchev–Trinajstić information content (AvgIpc) is 2.77. The Balaban J connectivity index is 1.90. The number of amides is 1. The molecule has 0 saturated heterocycles. The van der Waals surface area contributed by atoms with E-state index in [0.717, 1.165) is 48.6 Å². The largest absolute Gasteiger partial charge is 0.294 e. The Morgan fingerprint density at radius 1 is 1.26 bits per heavy atom. The number of nitrogens with one attached hydrogen (secondary N) is 1. The summed E-state index contributed by atoms with van der Waals surface area (Å²) in [7, 11) is 0. The van der Waals surface area contributed by atoms with Crippen molar-refractivity contribution in [1.29, 1.82) is 0 Å². The Morgan fingerprint density at radius 2 is 2.03 bits per heavy atom. The van der Waals surface area contributed by atoms with Crippen LogP contribution in [0.3, 0.4) is 0 Å². The highest BCUT2D eigenvalue weighted by molar-refractivity contribution is 6.18. The van der Waals surface area contributed by atoms with Crippen LogP contribution in [0.4, 0.5) is 5.95 Å². The van der Waals surface area contributed by atoms with Crippen LogP contribution in [0, 0.1) is 5.92 Å². The van der Waals surface area contributed by atoms with Gasteiger partial charge in [0, 0.05) is 43.4 Å². The maximum atomic E-state index is 12.2. The zero-order valence-electron chi connectivity index (χ0n) is 18.1. The molecule has 0 bridgehead atoms. The summed E-state index contributed by atoms with van der Waals surface area (Å²) in [5.41, 5.74) is 4.87. The van der Waals surface area contributed by atoms with Crippen molar-refractivity contribution in [3.05, 3.63) is 83.7 Å². The molecule has 0 saturated carbocycles. The second-order valence-corrected chi connectivity index (χ2v) is 8.19. The van der Waals surface area contributed by atoms with Gasteiger partial charge in [-0.25, -0.2) is 9.97 Å². The van der Waals surface area contributed by atoms with Gasteiger partial charge in [0.1, 0.15) is 0 Å². The molecule has 162 valence electrons. The number of anilines is 1. The normalized spacial score (nSPS) is 14.3. The van der Waals surface area contributed by atoms with E-state index >= 15 is 0 Å². The lowest BCUT2D eigenvalue weighted by Crippen LogP contribution is -2.32. The van der Waals surface area contributed by atoms with Crippen molar-refractivity contribution in [1.82, 2.24) is 14.9 Å². The fourth-order valence-electron chi connectivity index (χ4n) is 3.40. The number of halogens is 1. The number of hydrogen-bond donors (Lipinski definition) is 1. The van der Waals surface area contributed by atoms with E-state index in [4.69, 9.17) is 11.6 Å². The second kappa shape index (κ2) is 11.0. The molecule has 0 spiro atoms. The van der Waals surface area contributed by atoms with Crippen molar-refractivity contribution in [2.45, 2.75) is 33.4 Å². The molecule has 1 aliphatic rings. The molecule has 0 fully saturated rings. The fourth-order valence-corrected chi connectivity index (χ4v) is 3.51. The van der Waals surface area contributed by atoms with E-state index < -0.39 is 0 Å². The van der Waals surface area contributed by atoms with Gasteiger partial charge in [0.05, 0.1) is 11.4 Å². The van der Waals surface area contributed by atoms with Gasteiger partial charge in [-0.3, -0.25) is 15.0 Å². The number of rotatable bonds is 8. The molecule has 2 aromatic rings. The molecule has 31 heavy (non-hydrogen) atoms. The van der Waals surface area contributed by atoms with Gasteiger partial charge in [0.2, 0.25) is 11.9 Å². The quantitative estimate of drug-likeness (QED) is 0.467. The van der Waals surface area contributed by atoms with Crippen LogP contribution in [-0.2, 0) is 24.3 Å². The summed E-state index contributed by atoms with van der Waals surface area (Å²) in [6, 6.07) is 10.4. The lowest BCUT2D eigenvalue weighted by molar-refractivity contribution is -0.118. The SMILES string of the molecule is C=C(/C=C\C=C/CCl)c1nc(NC(=O)C(C)C)nc2c1CN(Cc1ccccc1)CC2. The third kappa shape index (κ3) is 6.36. The van der Waals surface area contributed by atoms with Crippen LogP contribution < -0.4 is 5.32 Å². The number of hydrogen-bond acceptors (Lipinski definition) is 4. The molecule has 6 heteroatoms. The van der Waals surface area contributed by atoms with Crippen molar-refractivity contribution in [3.8, 4) is 0 Å². The number of alkyl halides is 1. The van der Waals surface area contributed by atoms with Crippen LogP contribution in [0.5, 0.6) is 0 Å². The van der Waals surface area contributed by atoms with Gasteiger partial charge in [-0.1, -0.05) is 75.1 Å². The van der Waals surface area contributed by atoms with Gasteiger partial charge >= 0.3 is 0 Å². The minimum Gasteiger partial charge on any atom is -0.294 e. The van der Waals surface area contributed by atoms with Gasteiger partial charge in [-0.15, -0.1) is 11.6 Å². The van der Waals surface area contributed by atoms with Crippen molar-refractivity contribution in [2.24, 2.45) is 5.92 Å². The molecule has 1 aliphatic heterocycles. The predicted octanol–water partition coefficient (Wildman–Crippen LogP) is 4.99. The first-order valence-corrected chi connectivity index (χ1v) is 11.1. The highest BCUT2D eigenvalue weighted by Crippen LogP contribution is 2.27. The minimum atomic E-state index is -0.145. The van der Waals surface area contributed by atoms with Gasteiger partial charge in [0.15, 0.2) is 0 Å². The van der Waals surface area contributed by atoms with Crippen LogP contribution in [-0.4, -0.2) is 33.2 Å². The Morgan fingerprint density at radius 3 is 2.74 bits per heavy atom. The number of carbonyl (C=O) groups is 1. The summed E-state index contributed by atoms with van der Waals surface area (Å²) >= 11 is 5.70. The Labute approximate surface area is 189 Å². The summed E-state index contributed by atoms with van der Waals surface area (Å²) in [6.45, 7) is 10.4. The van der Waals surface area contributed by atoms with Gasteiger partial charge in [-0.2, -0.15) is 0 Å². The first kappa shape index (κ1) is 22.9. The Bertz CT molecular complexity index is 983. The van der Waals surface area contributed by atoms with Gasteiger partial charge in [-0.05, 0) is 11.1 Å². The molecular weight excluding hydrogens is 408 g/mol. The predicted molar refractivity (Wildman–Crippen MR) is 128 cm³/mol. The topological polar surface area (TPSA) is 58.1 Å². The standard InChI is InChI=1S/C25H29ClN4O/c1-18(2)24(31)29-25-27-22-13-15-30(16-20-11-7-4-8-12-20)17-21(22)23(28-25)19(3)10-6-5-9-14-26/h4-12,18H,3,13-17H2,1-2H3,(H,27,28,29,31)/b9-5-,10-6-. The number of nitrogens with zero attached hydrogens (tertiary/aromatic N) is 3. The van der Waals surface area contributed by atoms with E-state index in [1.54, 1.807) is 0 Å². The van der Waals surface area contributed by atoms with Crippen molar-refractivity contribution < 1.29 is 4.79 Å². The maximum absolute atomic E-state index is 12.2. The number of benzene rings is 1. The smallest absolute Gasteiger partial charge is 0.230 e. The van der Waals surface area contributed by atoms with Crippen LogP contribution in [0.1, 0.15) is 36.4 Å². The van der Waals surface area contributed by atoms with E-state index in [9.17, 15) is 4.79 Å². The van der Waals surface area contributed by atoms with Crippen molar-refractivity contribution >= 4 is 29.0 Å². The highest BCUT2D eigenvalue weighted by Gasteiger charge is 2.24. The van der Waals surface area contributed by atoms with E-state index in [2.05, 4.69) is 51.0 Å². The molecule has 0 aliphatic carbocycles. The minimum absolute atomic E-state index is 0.0985. The summed E-state index contributed by atoms with van der Waals surface area (Å²) in [6.07, 6.45) is 8.35. The number of allylic oxidation sites excluding steroid dienone is 5. The molecule has 1 aromatic carbocycles. The molecule has 0 atom stereocenters. The van der Waals surface area contributed by atoms with Crippen LogP contribution in [0.15, 0.2) is 61.2 Å². The van der Waals surface area contributed by atoms with Gasteiger partial charge < -0.3 is 0 Å². The second-order valence-electron chi connectivity index (χ2n) is 7.88. The number of aromatic nitrogens is 2. The lowest BCUT2D eigenvalue weighted by atomic mass is 9.99. The first-order valence-electron chi connectivity index (χ1n) is 10.5. The molecule has 2 heterocycles. The van der Waals surface area contributed by atoms with E-state index in [1.165, 1.54) is 5.56 Å². The van der Waals surface area contributed by atoms with Crippen molar-refractivity contribution in [3.63, 3.8) is 0 Å². The highest BCUT2D eigenvalue weighted by atomic mass is 35.5. The molecule has 3 rings (SSSR count). The van der Waals surface area contributed by atoms with E-state index in [-0.39, 0.29) is 11.8 Å². The molecule has 1 amide bonds. The molecule has 0 unspecified atom stereocenters. The van der Waals surface area contributed by atoms with E-state index in [0.29, 0.717) is 11.8 Å². The average molecular weight is 437 g/mol. The van der Waals surface area contributed by atoms with Crippen LogP contribution in [0.2, 0.25) is 0 Å². The monoisotopic (exact) mass is 436 g/mol. The molecule has 0 radical (unpaired) electrons. The fraction of sp³-hybridized carbons (Fsp3) is 0.320. The first-order chi connectivity index (χ1) is 15.0. The third-order valence-corrected chi connectivity index (χ3v) is 5.26. The van der Waals surface area contributed by atoms with Crippen LogP contribution in [0.25, 0.3) is 5.57 Å². The Kier molecular flexibility index (Phi) is 8.15. The zero-order chi connectivity index (χ0) is 22.2. The van der Waals surface area contributed by atoms with E-state index in [1.807, 2.05) is 44.2 Å². The maximum Gasteiger partial charge on any atom is 0.230 e. The van der Waals surface area contributed by atoms with Gasteiger partial charge in [0.25, 0.3) is 0 Å². The zero-order valence-corrected chi connectivity index (χ0v) is 18.9. The summed E-state index contributed by atoms with van der Waals surface area (Å²) < 4.78 is 0. The van der Waals surface area contributed by atoms with Crippen LogP contribution >= 0.6 is 11.6 Å². The molecule has 1 N–H and O–H groups in total. The lowest BCUT2D eigenvalue weighted by Gasteiger charge is -2.30. The summed E-state index contributed by atoms with van der Waals surface area (Å²) in [4.78, 5) is 23.9.